The van der Waals surface area contributed by atoms with E-state index in [1.165, 1.54) is 58.9 Å². The molecule has 1 saturated carbocycles. The lowest BCUT2D eigenvalue weighted by atomic mass is 9.94. The highest BCUT2D eigenvalue weighted by Crippen LogP contribution is 2.37. The largest absolute Gasteiger partial charge is 0.331 e. The Morgan fingerprint density at radius 1 is 1.04 bits per heavy atom. The van der Waals surface area contributed by atoms with E-state index in [9.17, 15) is 0 Å². The van der Waals surface area contributed by atoms with Gasteiger partial charge in [-0.05, 0) is 78.9 Å². The van der Waals surface area contributed by atoms with Crippen molar-refractivity contribution in [3.63, 3.8) is 0 Å². The molecule has 128 valence electrons. The molecule has 2 aromatic carbocycles. The fourth-order valence-electron chi connectivity index (χ4n) is 4.37. The lowest BCUT2D eigenvalue weighted by Crippen LogP contribution is -2.32. The Hall–Kier alpha value is -2.22. The van der Waals surface area contributed by atoms with Crippen LogP contribution in [-0.2, 0) is 7.05 Å². The molecule has 1 fully saturated rings. The van der Waals surface area contributed by atoms with Crippen molar-refractivity contribution in [2.45, 2.75) is 52.4 Å². The van der Waals surface area contributed by atoms with Crippen molar-refractivity contribution in [3.05, 3.63) is 58.8 Å². The lowest BCUT2D eigenvalue weighted by molar-refractivity contribution is -0.661. The van der Waals surface area contributed by atoms with Crippen molar-refractivity contribution < 1.29 is 4.57 Å². The maximum Gasteiger partial charge on any atom is 0.331 e. The number of aryl methyl sites for hydroxylation is 3. The molecule has 2 heteroatoms. The topological polar surface area (TPSA) is 16.8 Å². The molecule has 25 heavy (non-hydrogen) atoms. The van der Waals surface area contributed by atoms with Crippen LogP contribution in [0, 0.1) is 20.8 Å². The van der Waals surface area contributed by atoms with Crippen molar-refractivity contribution in [2.24, 2.45) is 7.05 Å². The zero-order chi connectivity index (χ0) is 17.6. The summed E-state index contributed by atoms with van der Waals surface area (Å²) in [6.45, 7) is 6.55. The molecular formula is C23H27N2+. The second kappa shape index (κ2) is 6.25. The molecule has 0 amide bonds. The van der Waals surface area contributed by atoms with Crippen LogP contribution >= 0.6 is 0 Å². The first-order valence-corrected chi connectivity index (χ1v) is 9.42. The van der Waals surface area contributed by atoms with Crippen molar-refractivity contribution in [1.29, 1.82) is 0 Å². The summed E-state index contributed by atoms with van der Waals surface area (Å²) in [7, 11) is 2.13. The minimum atomic E-state index is 0.708. The van der Waals surface area contributed by atoms with E-state index in [4.69, 9.17) is 4.98 Å². The number of rotatable bonds is 2. The molecule has 0 unspecified atom stereocenters. The summed E-state index contributed by atoms with van der Waals surface area (Å²) in [5, 5.41) is 1.32. The van der Waals surface area contributed by atoms with Gasteiger partial charge in [0.05, 0.1) is 18.0 Å². The van der Waals surface area contributed by atoms with E-state index in [1.54, 1.807) is 0 Å². The third-order valence-corrected chi connectivity index (χ3v) is 5.85. The molecular weight excluding hydrogens is 304 g/mol. The van der Waals surface area contributed by atoms with Crippen LogP contribution in [0.15, 0.2) is 36.5 Å². The zero-order valence-electron chi connectivity index (χ0n) is 15.8. The molecule has 1 aliphatic carbocycles. The third kappa shape index (κ3) is 2.84. The summed E-state index contributed by atoms with van der Waals surface area (Å²) in [5.41, 5.74) is 7.79. The second-order valence-electron chi connectivity index (χ2n) is 7.69. The Bertz CT molecular complexity index is 950. The van der Waals surface area contributed by atoms with Gasteiger partial charge in [-0.15, -0.1) is 0 Å². The molecule has 0 saturated heterocycles. The normalized spacial score (nSPS) is 15.2. The lowest BCUT2D eigenvalue weighted by Gasteiger charge is -2.12. The summed E-state index contributed by atoms with van der Waals surface area (Å²) < 4.78 is 2.21. The van der Waals surface area contributed by atoms with Gasteiger partial charge in [-0.3, -0.25) is 0 Å². The van der Waals surface area contributed by atoms with Crippen molar-refractivity contribution in [2.75, 3.05) is 0 Å². The van der Waals surface area contributed by atoms with Gasteiger partial charge in [0.25, 0.3) is 0 Å². The first-order valence-electron chi connectivity index (χ1n) is 9.42. The van der Waals surface area contributed by atoms with Crippen molar-refractivity contribution >= 4 is 10.9 Å². The molecule has 4 rings (SSSR count). The van der Waals surface area contributed by atoms with E-state index in [0.717, 1.165) is 11.3 Å². The quantitative estimate of drug-likeness (QED) is 0.582. The van der Waals surface area contributed by atoms with Crippen LogP contribution in [0.5, 0.6) is 0 Å². The summed E-state index contributed by atoms with van der Waals surface area (Å²) in [6, 6.07) is 11.2. The van der Waals surface area contributed by atoms with Gasteiger partial charge in [0.15, 0.2) is 5.52 Å². The zero-order valence-corrected chi connectivity index (χ0v) is 15.8. The minimum Gasteiger partial charge on any atom is -0.232 e. The van der Waals surface area contributed by atoms with Crippen LogP contribution in [0.3, 0.4) is 0 Å². The highest BCUT2D eigenvalue weighted by atomic mass is 15.0. The van der Waals surface area contributed by atoms with E-state index in [-0.39, 0.29) is 0 Å². The summed E-state index contributed by atoms with van der Waals surface area (Å²) in [4.78, 5) is 5.08. The van der Waals surface area contributed by atoms with Gasteiger partial charge in [0, 0.05) is 0 Å². The first kappa shape index (κ1) is 16.3. The summed E-state index contributed by atoms with van der Waals surface area (Å²) >= 11 is 0. The van der Waals surface area contributed by atoms with Crippen LogP contribution in [0.25, 0.3) is 22.3 Å². The molecule has 0 atom stereocenters. The van der Waals surface area contributed by atoms with Gasteiger partial charge in [-0.25, -0.2) is 4.57 Å². The van der Waals surface area contributed by atoms with Crippen LogP contribution in [0.1, 0.15) is 53.9 Å². The van der Waals surface area contributed by atoms with Crippen LogP contribution < -0.4 is 4.57 Å². The van der Waals surface area contributed by atoms with E-state index < -0.39 is 0 Å². The van der Waals surface area contributed by atoms with E-state index in [0.29, 0.717) is 5.92 Å². The maximum atomic E-state index is 5.08. The number of hydrogen-bond donors (Lipinski definition) is 0. The predicted octanol–water partition coefficient (Wildman–Crippen LogP) is 5.31. The van der Waals surface area contributed by atoms with Crippen LogP contribution in [0.2, 0.25) is 0 Å². The predicted molar refractivity (Wildman–Crippen MR) is 104 cm³/mol. The molecule has 0 aliphatic heterocycles. The molecule has 1 aliphatic rings. The van der Waals surface area contributed by atoms with Crippen LogP contribution in [-0.4, -0.2) is 4.98 Å². The smallest absolute Gasteiger partial charge is 0.232 e. The van der Waals surface area contributed by atoms with Crippen molar-refractivity contribution in [3.8, 4) is 11.4 Å². The molecule has 0 radical (unpaired) electrons. The highest BCUT2D eigenvalue weighted by molar-refractivity contribution is 5.82. The van der Waals surface area contributed by atoms with Gasteiger partial charge >= 0.3 is 5.82 Å². The maximum absolute atomic E-state index is 5.08. The molecule has 2 nitrogen and oxygen atoms in total. The molecule has 0 spiro atoms. The molecule has 1 heterocycles. The van der Waals surface area contributed by atoms with Gasteiger partial charge in [0.2, 0.25) is 0 Å². The average Bonchev–Trinajstić information content (AvgIpc) is 3.11. The Morgan fingerprint density at radius 2 is 1.80 bits per heavy atom. The number of aromatic nitrogens is 2. The molecule has 0 bridgehead atoms. The van der Waals surface area contributed by atoms with Gasteiger partial charge in [0.1, 0.15) is 6.20 Å². The first-order chi connectivity index (χ1) is 12.0. The van der Waals surface area contributed by atoms with Gasteiger partial charge in [-0.2, -0.15) is 0 Å². The number of hydrogen-bond acceptors (Lipinski definition) is 1. The molecule has 1 aromatic heterocycles. The molecule has 0 N–H and O–H groups in total. The summed E-state index contributed by atoms with van der Waals surface area (Å²) in [5.74, 6) is 1.76. The molecule has 3 aromatic rings. The number of fused-ring (bicyclic) bond motifs is 1. The minimum absolute atomic E-state index is 0.708. The average molecular weight is 331 g/mol. The number of benzene rings is 2. The number of nitrogens with zero attached hydrogens (tertiary/aromatic N) is 2. The Labute approximate surface area is 150 Å². The van der Waals surface area contributed by atoms with Crippen LogP contribution in [0.4, 0.5) is 0 Å². The van der Waals surface area contributed by atoms with Crippen molar-refractivity contribution in [1.82, 2.24) is 4.98 Å². The van der Waals surface area contributed by atoms with Gasteiger partial charge in [-0.1, -0.05) is 31.0 Å². The second-order valence-corrected chi connectivity index (χ2v) is 7.69. The highest BCUT2D eigenvalue weighted by Gasteiger charge is 2.24. The fraction of sp³-hybridized carbons (Fsp3) is 0.391. The Morgan fingerprint density at radius 3 is 2.56 bits per heavy atom. The Balaban J connectivity index is 1.92. The Kier molecular flexibility index (Phi) is 4.07. The fourth-order valence-corrected chi connectivity index (χ4v) is 4.37. The monoisotopic (exact) mass is 331 g/mol. The van der Waals surface area contributed by atoms with Gasteiger partial charge < -0.3 is 0 Å². The third-order valence-electron chi connectivity index (χ3n) is 5.85. The standard InChI is InChI=1S/C23H27N2/c1-15-12-16(2)17(3)20(13-15)23-24-22-11-7-10-19(18-8-5-6-9-18)21(22)14-25(23)4/h7,10-14,18H,5-6,8-9H2,1-4H3/q+1. The van der Waals surface area contributed by atoms with E-state index >= 15 is 0 Å². The summed E-state index contributed by atoms with van der Waals surface area (Å²) in [6.07, 6.45) is 7.66. The van der Waals surface area contributed by atoms with E-state index in [2.05, 4.69) is 68.9 Å². The van der Waals surface area contributed by atoms with E-state index in [1.807, 2.05) is 0 Å². The SMILES string of the molecule is Cc1cc(C)c(C)c(-c2nc3cccc(C4CCCC4)c3c[n+]2C)c1.